The summed E-state index contributed by atoms with van der Waals surface area (Å²) < 4.78 is 0. The summed E-state index contributed by atoms with van der Waals surface area (Å²) >= 11 is 0. The van der Waals surface area contributed by atoms with Crippen LogP contribution < -0.4 is 0 Å². The van der Waals surface area contributed by atoms with Crippen molar-refractivity contribution in [2.24, 2.45) is 11.3 Å². The predicted octanol–water partition coefficient (Wildman–Crippen LogP) is 6.41. The summed E-state index contributed by atoms with van der Waals surface area (Å²) in [5.41, 5.74) is 11.6. The average molecular weight is 314 g/mol. The third-order valence-electron chi connectivity index (χ3n) is 6.95. The minimum Gasteiger partial charge on any atom is -0.0692 e. The van der Waals surface area contributed by atoms with Crippen LogP contribution in [0.15, 0.2) is 64.8 Å². The van der Waals surface area contributed by atoms with Gasteiger partial charge in [0.1, 0.15) is 0 Å². The van der Waals surface area contributed by atoms with Crippen molar-refractivity contribution in [2.45, 2.75) is 52.4 Å². The van der Waals surface area contributed by atoms with Crippen LogP contribution in [0.3, 0.4) is 0 Å². The fourth-order valence-electron chi connectivity index (χ4n) is 5.71. The van der Waals surface area contributed by atoms with Crippen LogP contribution in [0.1, 0.15) is 57.1 Å². The summed E-state index contributed by atoms with van der Waals surface area (Å²) in [4.78, 5) is 0. The fraction of sp³-hybridized carbons (Fsp3) is 0.417. The summed E-state index contributed by atoms with van der Waals surface area (Å²) in [6.45, 7) is 4.45. The lowest BCUT2D eigenvalue weighted by Crippen LogP contribution is -2.43. The van der Waals surface area contributed by atoms with Crippen molar-refractivity contribution in [3.63, 3.8) is 0 Å². The molecule has 0 heteroatoms. The fourth-order valence-corrected chi connectivity index (χ4v) is 5.71. The van der Waals surface area contributed by atoms with Crippen LogP contribution in [0.2, 0.25) is 0 Å². The van der Waals surface area contributed by atoms with Gasteiger partial charge in [-0.3, -0.25) is 0 Å². The summed E-state index contributed by atoms with van der Waals surface area (Å²) in [7, 11) is 0. The van der Waals surface area contributed by atoms with Crippen LogP contribution in [0, 0.1) is 11.3 Å². The van der Waals surface area contributed by atoms with E-state index in [2.05, 4.69) is 56.3 Å². The number of hydrogen-bond donors (Lipinski definition) is 0. The maximum atomic E-state index is 2.47. The molecule has 1 aromatic carbocycles. The average Bonchev–Trinajstić information content (AvgIpc) is 3.18. The third-order valence-corrected chi connectivity index (χ3v) is 6.95. The van der Waals surface area contributed by atoms with E-state index in [9.17, 15) is 0 Å². The molecule has 0 unspecified atom stereocenters. The minimum atomic E-state index is 0.438. The molecule has 0 radical (unpaired) electrons. The van der Waals surface area contributed by atoms with Crippen LogP contribution in [0.4, 0.5) is 0 Å². The first-order chi connectivity index (χ1) is 11.7. The van der Waals surface area contributed by atoms with Crippen molar-refractivity contribution in [2.75, 3.05) is 0 Å². The lowest BCUT2D eigenvalue weighted by molar-refractivity contribution is 0.111. The van der Waals surface area contributed by atoms with E-state index in [4.69, 9.17) is 0 Å². The first-order valence-electron chi connectivity index (χ1n) is 9.57. The highest BCUT2D eigenvalue weighted by Gasteiger charge is 2.53. The van der Waals surface area contributed by atoms with E-state index >= 15 is 0 Å². The van der Waals surface area contributed by atoms with Gasteiger partial charge in [-0.15, -0.1) is 0 Å². The molecule has 1 spiro atoms. The van der Waals surface area contributed by atoms with Crippen molar-refractivity contribution in [1.29, 1.82) is 0 Å². The van der Waals surface area contributed by atoms with Crippen molar-refractivity contribution < 1.29 is 0 Å². The number of benzene rings is 1. The molecule has 1 aromatic rings. The number of rotatable bonds is 1. The first-order valence-corrected chi connectivity index (χ1v) is 9.57. The zero-order chi connectivity index (χ0) is 16.3. The molecule has 5 rings (SSSR count). The Kier molecular flexibility index (Phi) is 3.08. The molecule has 0 nitrogen and oxygen atoms in total. The maximum absolute atomic E-state index is 2.47. The Labute approximate surface area is 145 Å². The van der Waals surface area contributed by atoms with Crippen LogP contribution in [-0.4, -0.2) is 0 Å². The van der Waals surface area contributed by atoms with Gasteiger partial charge in [0.05, 0.1) is 0 Å². The molecule has 1 saturated carbocycles. The molecule has 0 aliphatic heterocycles. The molecule has 0 aromatic heterocycles. The Morgan fingerprint density at radius 1 is 1.08 bits per heavy atom. The highest BCUT2D eigenvalue weighted by Crippen LogP contribution is 2.66. The Morgan fingerprint density at radius 2 is 1.96 bits per heavy atom. The highest BCUT2D eigenvalue weighted by atomic mass is 14.6. The minimum absolute atomic E-state index is 0.438. The Balaban J connectivity index is 1.59. The second kappa shape index (κ2) is 5.09. The molecule has 4 aliphatic rings. The molecule has 24 heavy (non-hydrogen) atoms. The first kappa shape index (κ1) is 14.5. The van der Waals surface area contributed by atoms with Gasteiger partial charge in [0.25, 0.3) is 0 Å². The standard InChI is InChI=1S/C24H26/c1-16(2)17-9-10-19(14-17)22-11-13-24(22)12-5-7-20-15-18-6-3-4-8-21(18)23(20)24/h3-4,6,8-10,14,22H,5,7,11-13,15H2,1-2H3/t22-,24-/m1/s1. The predicted molar refractivity (Wildman–Crippen MR) is 102 cm³/mol. The highest BCUT2D eigenvalue weighted by molar-refractivity contribution is 5.82. The van der Waals surface area contributed by atoms with Crippen LogP contribution in [0.25, 0.3) is 5.57 Å². The van der Waals surface area contributed by atoms with Crippen LogP contribution >= 0.6 is 0 Å². The van der Waals surface area contributed by atoms with Crippen molar-refractivity contribution in [1.82, 2.24) is 0 Å². The molecule has 0 heterocycles. The van der Waals surface area contributed by atoms with Gasteiger partial charge < -0.3 is 0 Å². The Morgan fingerprint density at radius 3 is 2.71 bits per heavy atom. The smallest absolute Gasteiger partial charge is 0.00276 e. The molecule has 0 N–H and O–H groups in total. The molecule has 1 fully saturated rings. The van der Waals surface area contributed by atoms with Crippen molar-refractivity contribution in [3.05, 3.63) is 75.9 Å². The van der Waals surface area contributed by atoms with E-state index in [1.165, 1.54) is 49.7 Å². The van der Waals surface area contributed by atoms with E-state index in [0.717, 1.165) is 5.92 Å². The summed E-state index contributed by atoms with van der Waals surface area (Å²) in [5, 5.41) is 0. The van der Waals surface area contributed by atoms with Gasteiger partial charge >= 0.3 is 0 Å². The number of allylic oxidation sites excluding steroid dienone is 8. The van der Waals surface area contributed by atoms with Crippen molar-refractivity contribution in [3.8, 4) is 0 Å². The van der Waals surface area contributed by atoms with E-state index in [-0.39, 0.29) is 0 Å². The quantitative estimate of drug-likeness (QED) is 0.562. The Hall–Kier alpha value is -1.82. The summed E-state index contributed by atoms with van der Waals surface area (Å²) in [6, 6.07) is 9.19. The molecular formula is C24H26. The van der Waals surface area contributed by atoms with Crippen LogP contribution in [0.5, 0.6) is 0 Å². The van der Waals surface area contributed by atoms with E-state index in [1.54, 1.807) is 27.8 Å². The second-order valence-corrected chi connectivity index (χ2v) is 8.35. The molecule has 2 atom stereocenters. The normalized spacial score (nSPS) is 30.3. The summed E-state index contributed by atoms with van der Waals surface area (Å²) in [6.07, 6.45) is 15.3. The lowest BCUT2D eigenvalue weighted by Gasteiger charge is -2.54. The van der Waals surface area contributed by atoms with Gasteiger partial charge in [0, 0.05) is 5.41 Å². The van der Waals surface area contributed by atoms with Gasteiger partial charge in [-0.05, 0) is 86.1 Å². The van der Waals surface area contributed by atoms with Gasteiger partial charge in [-0.1, -0.05) is 53.6 Å². The van der Waals surface area contributed by atoms with Gasteiger partial charge in [0.2, 0.25) is 0 Å². The largest absolute Gasteiger partial charge is 0.0692 e. The molecular weight excluding hydrogens is 288 g/mol. The van der Waals surface area contributed by atoms with Crippen LogP contribution in [-0.2, 0) is 6.42 Å². The lowest BCUT2D eigenvalue weighted by atomic mass is 9.49. The number of fused-ring (bicyclic) bond motifs is 3. The third kappa shape index (κ3) is 1.86. The van der Waals surface area contributed by atoms with E-state index < -0.39 is 0 Å². The Bertz CT molecular complexity index is 839. The SMILES string of the molecule is CC(C)=C1C=CC([C@H]2CC[C@]23CCCC2=C3c3ccccc3C2)=C1. The molecule has 0 saturated heterocycles. The monoisotopic (exact) mass is 314 g/mol. The molecule has 0 amide bonds. The van der Waals surface area contributed by atoms with Crippen molar-refractivity contribution >= 4 is 5.57 Å². The van der Waals surface area contributed by atoms with Gasteiger partial charge in [-0.2, -0.15) is 0 Å². The second-order valence-electron chi connectivity index (χ2n) is 8.35. The zero-order valence-corrected chi connectivity index (χ0v) is 14.9. The van der Waals surface area contributed by atoms with E-state index in [0.29, 0.717) is 5.41 Å². The molecule has 122 valence electrons. The number of hydrogen-bond acceptors (Lipinski definition) is 0. The zero-order valence-electron chi connectivity index (χ0n) is 14.9. The summed E-state index contributed by atoms with van der Waals surface area (Å²) in [5.74, 6) is 0.738. The molecule has 0 bridgehead atoms. The van der Waals surface area contributed by atoms with E-state index in [1.807, 2.05) is 0 Å². The topological polar surface area (TPSA) is 0 Å². The molecule has 4 aliphatic carbocycles. The van der Waals surface area contributed by atoms with Gasteiger partial charge in [0.15, 0.2) is 0 Å². The maximum Gasteiger partial charge on any atom is 0.00276 e. The van der Waals surface area contributed by atoms with Gasteiger partial charge in [-0.25, -0.2) is 0 Å².